The zero-order chi connectivity index (χ0) is 22.8. The van der Waals surface area contributed by atoms with Crippen molar-refractivity contribution in [3.8, 4) is 22.5 Å². The third-order valence-electron chi connectivity index (χ3n) is 6.04. The SMILES string of the molecule is CCOC(=O)C1CCN(c2cc(-c3ccccc3)nc3cc(-c4cccc(F)c4)nn23)CC1. The summed E-state index contributed by atoms with van der Waals surface area (Å²) in [4.78, 5) is 19.3. The van der Waals surface area contributed by atoms with Gasteiger partial charge in [0.05, 0.1) is 23.9 Å². The zero-order valence-corrected chi connectivity index (χ0v) is 18.4. The summed E-state index contributed by atoms with van der Waals surface area (Å²) < 4.78 is 20.9. The fraction of sp³-hybridized carbons (Fsp3) is 0.269. The lowest BCUT2D eigenvalue weighted by molar-refractivity contribution is -0.148. The third kappa shape index (κ3) is 4.31. The molecule has 1 fully saturated rings. The van der Waals surface area contributed by atoms with Gasteiger partial charge in [-0.15, -0.1) is 0 Å². The molecule has 1 aliphatic rings. The molecule has 0 radical (unpaired) electrons. The number of aromatic nitrogens is 3. The average molecular weight is 445 g/mol. The van der Waals surface area contributed by atoms with Gasteiger partial charge in [-0.2, -0.15) is 9.61 Å². The van der Waals surface area contributed by atoms with Gasteiger partial charge in [0.15, 0.2) is 5.65 Å². The number of rotatable bonds is 5. The van der Waals surface area contributed by atoms with Crippen molar-refractivity contribution < 1.29 is 13.9 Å². The molecule has 0 aliphatic carbocycles. The molecule has 0 N–H and O–H groups in total. The Balaban J connectivity index is 1.55. The van der Waals surface area contributed by atoms with E-state index in [2.05, 4.69) is 4.90 Å². The molecule has 3 heterocycles. The highest BCUT2D eigenvalue weighted by molar-refractivity contribution is 5.74. The summed E-state index contributed by atoms with van der Waals surface area (Å²) in [7, 11) is 0. The summed E-state index contributed by atoms with van der Waals surface area (Å²) >= 11 is 0. The van der Waals surface area contributed by atoms with E-state index in [1.807, 2.05) is 60.0 Å². The molecule has 0 saturated carbocycles. The van der Waals surface area contributed by atoms with E-state index in [0.717, 1.165) is 29.9 Å². The molecule has 6 nitrogen and oxygen atoms in total. The quantitative estimate of drug-likeness (QED) is 0.406. The molecule has 0 bridgehead atoms. The van der Waals surface area contributed by atoms with Gasteiger partial charge in [-0.1, -0.05) is 42.5 Å². The number of hydrogen-bond donors (Lipinski definition) is 0. The number of benzene rings is 2. The predicted octanol–water partition coefficient (Wildman–Crippen LogP) is 4.98. The maximum Gasteiger partial charge on any atom is 0.309 e. The molecule has 0 atom stereocenters. The number of halogens is 1. The van der Waals surface area contributed by atoms with Crippen molar-refractivity contribution in [3.63, 3.8) is 0 Å². The lowest BCUT2D eigenvalue weighted by atomic mass is 9.97. The van der Waals surface area contributed by atoms with Gasteiger partial charge in [-0.05, 0) is 31.9 Å². The van der Waals surface area contributed by atoms with E-state index in [-0.39, 0.29) is 17.7 Å². The molecule has 168 valence electrons. The molecule has 7 heteroatoms. The number of nitrogens with zero attached hydrogens (tertiary/aromatic N) is 4. The molecule has 0 amide bonds. The second-order valence-corrected chi connectivity index (χ2v) is 8.19. The first-order valence-corrected chi connectivity index (χ1v) is 11.3. The van der Waals surface area contributed by atoms with Gasteiger partial charge in [0.1, 0.15) is 11.6 Å². The van der Waals surface area contributed by atoms with Crippen molar-refractivity contribution >= 4 is 17.4 Å². The van der Waals surface area contributed by atoms with E-state index in [1.165, 1.54) is 12.1 Å². The Morgan fingerprint density at radius 2 is 1.76 bits per heavy atom. The predicted molar refractivity (Wildman–Crippen MR) is 125 cm³/mol. The second kappa shape index (κ2) is 9.02. The Hall–Kier alpha value is -3.74. The van der Waals surface area contributed by atoms with Gasteiger partial charge in [0, 0.05) is 36.3 Å². The molecule has 1 saturated heterocycles. The van der Waals surface area contributed by atoms with Crippen LogP contribution in [0.3, 0.4) is 0 Å². The molecule has 1 aliphatic heterocycles. The van der Waals surface area contributed by atoms with E-state index in [4.69, 9.17) is 14.8 Å². The molecule has 0 spiro atoms. The topological polar surface area (TPSA) is 59.7 Å². The van der Waals surface area contributed by atoms with Gasteiger partial charge in [-0.3, -0.25) is 4.79 Å². The van der Waals surface area contributed by atoms with Crippen LogP contribution in [0.5, 0.6) is 0 Å². The number of carbonyl (C=O) groups is 1. The monoisotopic (exact) mass is 444 g/mol. The Morgan fingerprint density at radius 3 is 2.48 bits per heavy atom. The Labute approximate surface area is 191 Å². The second-order valence-electron chi connectivity index (χ2n) is 8.19. The van der Waals surface area contributed by atoms with Crippen molar-refractivity contribution in [2.24, 2.45) is 5.92 Å². The number of hydrogen-bond acceptors (Lipinski definition) is 5. The normalized spacial score (nSPS) is 14.5. The highest BCUT2D eigenvalue weighted by atomic mass is 19.1. The van der Waals surface area contributed by atoms with Gasteiger partial charge in [0.25, 0.3) is 0 Å². The number of fused-ring (bicyclic) bond motifs is 1. The molecule has 5 rings (SSSR count). The van der Waals surface area contributed by atoms with Crippen LogP contribution in [0.25, 0.3) is 28.2 Å². The first-order chi connectivity index (χ1) is 16.1. The van der Waals surface area contributed by atoms with Gasteiger partial charge >= 0.3 is 5.97 Å². The third-order valence-corrected chi connectivity index (χ3v) is 6.04. The van der Waals surface area contributed by atoms with Gasteiger partial charge < -0.3 is 9.64 Å². The maximum atomic E-state index is 13.8. The summed E-state index contributed by atoms with van der Waals surface area (Å²) in [6, 6.07) is 20.3. The van der Waals surface area contributed by atoms with Crippen LogP contribution in [0.2, 0.25) is 0 Å². The number of carbonyl (C=O) groups excluding carboxylic acids is 1. The van der Waals surface area contributed by atoms with E-state index in [0.29, 0.717) is 36.6 Å². The summed E-state index contributed by atoms with van der Waals surface area (Å²) in [5, 5.41) is 4.77. The van der Waals surface area contributed by atoms with Crippen LogP contribution in [0.4, 0.5) is 10.2 Å². The van der Waals surface area contributed by atoms with Crippen molar-refractivity contribution in [2.45, 2.75) is 19.8 Å². The molecule has 2 aromatic heterocycles. The first kappa shape index (κ1) is 21.1. The smallest absolute Gasteiger partial charge is 0.309 e. The van der Waals surface area contributed by atoms with Gasteiger partial charge in [0.2, 0.25) is 0 Å². The van der Waals surface area contributed by atoms with Crippen LogP contribution in [-0.2, 0) is 9.53 Å². The van der Waals surface area contributed by atoms with Gasteiger partial charge in [-0.25, -0.2) is 9.37 Å². The van der Waals surface area contributed by atoms with Crippen LogP contribution in [-0.4, -0.2) is 40.3 Å². The van der Waals surface area contributed by atoms with Crippen LogP contribution in [0.1, 0.15) is 19.8 Å². The van der Waals surface area contributed by atoms with Crippen LogP contribution in [0.15, 0.2) is 66.7 Å². The minimum Gasteiger partial charge on any atom is -0.466 e. The highest BCUT2D eigenvalue weighted by Gasteiger charge is 2.28. The number of anilines is 1. The minimum atomic E-state index is -0.302. The lowest BCUT2D eigenvalue weighted by Crippen LogP contribution is -2.38. The molecule has 2 aromatic carbocycles. The number of ether oxygens (including phenoxy) is 1. The fourth-order valence-electron chi connectivity index (χ4n) is 4.33. The average Bonchev–Trinajstić information content (AvgIpc) is 3.29. The van der Waals surface area contributed by atoms with E-state index in [1.54, 1.807) is 6.07 Å². The van der Waals surface area contributed by atoms with Crippen molar-refractivity contribution in [1.29, 1.82) is 0 Å². The Kier molecular flexibility index (Phi) is 5.77. The van der Waals surface area contributed by atoms with E-state index < -0.39 is 0 Å². The summed E-state index contributed by atoms with van der Waals surface area (Å²) in [5.74, 6) is 0.412. The van der Waals surface area contributed by atoms with Crippen molar-refractivity contribution in [3.05, 3.63) is 72.5 Å². The van der Waals surface area contributed by atoms with Crippen LogP contribution < -0.4 is 4.90 Å². The van der Waals surface area contributed by atoms with E-state index in [9.17, 15) is 9.18 Å². The summed E-state index contributed by atoms with van der Waals surface area (Å²) in [5.41, 5.74) is 3.91. The lowest BCUT2D eigenvalue weighted by Gasteiger charge is -2.32. The van der Waals surface area contributed by atoms with E-state index >= 15 is 0 Å². The van der Waals surface area contributed by atoms with Crippen LogP contribution in [0, 0.1) is 11.7 Å². The number of esters is 1. The first-order valence-electron chi connectivity index (χ1n) is 11.3. The Morgan fingerprint density at radius 1 is 1.00 bits per heavy atom. The maximum absolute atomic E-state index is 13.8. The van der Waals surface area contributed by atoms with Crippen molar-refractivity contribution in [2.75, 3.05) is 24.6 Å². The molecule has 33 heavy (non-hydrogen) atoms. The summed E-state index contributed by atoms with van der Waals surface area (Å²) in [6.07, 6.45) is 1.45. The van der Waals surface area contributed by atoms with Crippen LogP contribution >= 0.6 is 0 Å². The minimum absolute atomic E-state index is 0.0763. The fourth-order valence-corrected chi connectivity index (χ4v) is 4.33. The largest absolute Gasteiger partial charge is 0.466 e. The Bertz CT molecular complexity index is 1280. The molecule has 4 aromatic rings. The molecular weight excluding hydrogens is 419 g/mol. The standard InChI is InChI=1S/C26H25FN4O2/c1-2-33-26(32)19-11-13-30(14-12-19)25-17-22(18-7-4-3-5-8-18)28-24-16-23(29-31(24)25)20-9-6-10-21(27)15-20/h3-10,15-17,19H,2,11-14H2,1H3. The number of piperidine rings is 1. The molecule has 0 unspecified atom stereocenters. The van der Waals surface area contributed by atoms with Crippen molar-refractivity contribution in [1.82, 2.24) is 14.6 Å². The highest BCUT2D eigenvalue weighted by Crippen LogP contribution is 2.30. The zero-order valence-electron chi connectivity index (χ0n) is 18.4. The summed E-state index contributed by atoms with van der Waals surface area (Å²) in [6.45, 7) is 3.66. The molecular formula is C26H25FN4O2.